The number of fused-ring (bicyclic) bond motifs is 1. The summed E-state index contributed by atoms with van der Waals surface area (Å²) in [5, 5.41) is 12.4. The van der Waals surface area contributed by atoms with Gasteiger partial charge in [0.2, 0.25) is 0 Å². The first-order chi connectivity index (χ1) is 6.29. The summed E-state index contributed by atoms with van der Waals surface area (Å²) < 4.78 is 0. The van der Waals surface area contributed by atoms with Crippen molar-refractivity contribution in [1.29, 1.82) is 0 Å². The molecule has 0 saturated carbocycles. The van der Waals surface area contributed by atoms with Crippen LogP contribution in [0.3, 0.4) is 0 Å². The van der Waals surface area contributed by atoms with Gasteiger partial charge in [-0.05, 0) is 10.8 Å². The molecule has 0 radical (unpaired) electrons. The Morgan fingerprint density at radius 3 is 2.36 bits per heavy atom. The van der Waals surface area contributed by atoms with Crippen molar-refractivity contribution in [1.82, 2.24) is 0 Å². The van der Waals surface area contributed by atoms with Crippen LogP contribution in [0, 0.1) is 0 Å². The van der Waals surface area contributed by atoms with Gasteiger partial charge in [0.05, 0.1) is 5.97 Å². The van der Waals surface area contributed by atoms with Crippen LogP contribution >= 0.6 is 0 Å². The average Bonchev–Trinajstić information content (AvgIpc) is 2.17. The van der Waals surface area contributed by atoms with E-state index in [1.165, 1.54) is 0 Å². The van der Waals surface area contributed by atoms with Gasteiger partial charge in [-0.1, -0.05) is 42.5 Å². The van der Waals surface area contributed by atoms with Crippen LogP contribution in [0.15, 0.2) is 42.5 Å². The van der Waals surface area contributed by atoms with Crippen LogP contribution in [-0.2, 0) is 0 Å². The second-order valence-corrected chi connectivity index (χ2v) is 2.81. The SMILES string of the molecule is O=C([O-])c1cccc2ccccc12.[K+]. The van der Waals surface area contributed by atoms with E-state index in [0.29, 0.717) is 0 Å². The summed E-state index contributed by atoms with van der Waals surface area (Å²) in [6, 6.07) is 12.5. The molecule has 0 N–H and O–H groups in total. The first-order valence-corrected chi connectivity index (χ1v) is 3.98. The molecule has 0 spiro atoms. The number of carbonyl (C=O) groups is 1. The third-order valence-electron chi connectivity index (χ3n) is 2.01. The van der Waals surface area contributed by atoms with E-state index in [1.807, 2.05) is 24.3 Å². The number of carbonyl (C=O) groups excluding carboxylic acids is 1. The second kappa shape index (κ2) is 5.05. The van der Waals surface area contributed by atoms with Crippen LogP contribution < -0.4 is 56.5 Å². The number of rotatable bonds is 1. The summed E-state index contributed by atoms with van der Waals surface area (Å²) in [7, 11) is 0. The van der Waals surface area contributed by atoms with Crippen molar-refractivity contribution in [3.8, 4) is 0 Å². The third kappa shape index (κ3) is 2.24. The molecule has 2 rings (SSSR count). The van der Waals surface area contributed by atoms with Gasteiger partial charge in [-0.3, -0.25) is 0 Å². The van der Waals surface area contributed by atoms with Gasteiger partial charge in [0.1, 0.15) is 0 Å². The van der Waals surface area contributed by atoms with E-state index in [0.717, 1.165) is 10.8 Å². The van der Waals surface area contributed by atoms with E-state index < -0.39 is 5.97 Å². The predicted molar refractivity (Wildman–Crippen MR) is 48.3 cm³/mol. The molecule has 0 heterocycles. The molecule has 0 saturated heterocycles. The monoisotopic (exact) mass is 210 g/mol. The quantitative estimate of drug-likeness (QED) is 0.521. The fourth-order valence-electron chi connectivity index (χ4n) is 1.40. The van der Waals surface area contributed by atoms with E-state index in [2.05, 4.69) is 0 Å². The standard InChI is InChI=1S/C11H8O2.K/c12-11(13)10-7-3-5-8-4-1-2-6-9(8)10;/h1-7H,(H,12,13);/q;+1/p-1. The summed E-state index contributed by atoms with van der Waals surface area (Å²) in [5.74, 6) is -1.13. The van der Waals surface area contributed by atoms with Crippen molar-refractivity contribution < 1.29 is 61.3 Å². The molecule has 0 aliphatic carbocycles. The molecular weight excluding hydrogens is 203 g/mol. The summed E-state index contributed by atoms with van der Waals surface area (Å²) in [6.07, 6.45) is 0. The van der Waals surface area contributed by atoms with Crippen molar-refractivity contribution in [2.75, 3.05) is 0 Å². The Labute approximate surface area is 124 Å². The van der Waals surface area contributed by atoms with Gasteiger partial charge in [0, 0.05) is 5.56 Å². The Kier molecular flexibility index (Phi) is 4.28. The van der Waals surface area contributed by atoms with Crippen LogP contribution in [0.5, 0.6) is 0 Å². The molecule has 2 aromatic carbocycles. The number of hydrogen-bond donors (Lipinski definition) is 0. The Morgan fingerprint density at radius 1 is 1.00 bits per heavy atom. The first-order valence-electron chi connectivity index (χ1n) is 3.98. The molecule has 14 heavy (non-hydrogen) atoms. The minimum Gasteiger partial charge on any atom is -0.545 e. The minimum absolute atomic E-state index is 0. The van der Waals surface area contributed by atoms with Crippen LogP contribution in [0.2, 0.25) is 0 Å². The zero-order chi connectivity index (χ0) is 9.26. The Morgan fingerprint density at radius 2 is 1.64 bits per heavy atom. The van der Waals surface area contributed by atoms with Crippen LogP contribution in [0.1, 0.15) is 10.4 Å². The maximum absolute atomic E-state index is 10.7. The number of aromatic carboxylic acids is 1. The molecule has 0 fully saturated rings. The van der Waals surface area contributed by atoms with Crippen molar-refractivity contribution in [3.05, 3.63) is 48.0 Å². The second-order valence-electron chi connectivity index (χ2n) is 2.81. The molecule has 0 bridgehead atoms. The minimum atomic E-state index is -1.13. The maximum atomic E-state index is 10.7. The summed E-state index contributed by atoms with van der Waals surface area (Å²) >= 11 is 0. The summed E-state index contributed by atoms with van der Waals surface area (Å²) in [5.41, 5.74) is 0.248. The van der Waals surface area contributed by atoms with E-state index in [4.69, 9.17) is 0 Å². The largest absolute Gasteiger partial charge is 1.00 e. The van der Waals surface area contributed by atoms with Crippen molar-refractivity contribution >= 4 is 16.7 Å². The molecule has 0 aromatic heterocycles. The smallest absolute Gasteiger partial charge is 0.545 e. The molecule has 0 atom stereocenters. The van der Waals surface area contributed by atoms with Gasteiger partial charge in [-0.25, -0.2) is 0 Å². The molecule has 0 unspecified atom stereocenters. The summed E-state index contributed by atoms with van der Waals surface area (Å²) in [6.45, 7) is 0. The predicted octanol–water partition coefficient (Wildman–Crippen LogP) is -1.79. The van der Waals surface area contributed by atoms with Gasteiger partial charge in [0.25, 0.3) is 0 Å². The van der Waals surface area contributed by atoms with Crippen LogP contribution in [0.25, 0.3) is 10.8 Å². The number of hydrogen-bond acceptors (Lipinski definition) is 2. The molecule has 2 aromatic rings. The van der Waals surface area contributed by atoms with Gasteiger partial charge < -0.3 is 9.90 Å². The van der Waals surface area contributed by atoms with Crippen molar-refractivity contribution in [2.24, 2.45) is 0 Å². The third-order valence-corrected chi connectivity index (χ3v) is 2.01. The van der Waals surface area contributed by atoms with Gasteiger partial charge in [0.15, 0.2) is 0 Å². The van der Waals surface area contributed by atoms with Crippen molar-refractivity contribution in [2.45, 2.75) is 0 Å². The van der Waals surface area contributed by atoms with E-state index in [-0.39, 0.29) is 56.9 Å². The normalized spacial score (nSPS) is 9.43. The topological polar surface area (TPSA) is 40.1 Å². The molecule has 0 aliphatic rings. The Balaban J connectivity index is 0.000000980. The van der Waals surface area contributed by atoms with Gasteiger partial charge in [-0.2, -0.15) is 0 Å². The van der Waals surface area contributed by atoms with E-state index >= 15 is 0 Å². The molecule has 64 valence electrons. The molecule has 0 aliphatic heterocycles. The van der Waals surface area contributed by atoms with Gasteiger partial charge in [-0.15, -0.1) is 0 Å². The van der Waals surface area contributed by atoms with Crippen LogP contribution in [-0.4, -0.2) is 5.97 Å². The molecular formula is C11H7KO2. The zero-order valence-electron chi connectivity index (χ0n) is 7.86. The number of carboxylic acid groups (broad SMARTS) is 1. The first kappa shape index (κ1) is 11.9. The van der Waals surface area contributed by atoms with Crippen molar-refractivity contribution in [3.63, 3.8) is 0 Å². The Bertz CT molecular complexity index is 460. The van der Waals surface area contributed by atoms with E-state index in [1.54, 1.807) is 18.2 Å². The molecule has 2 nitrogen and oxygen atoms in total. The number of benzene rings is 2. The number of carboxylic acids is 1. The molecule has 3 heteroatoms. The van der Waals surface area contributed by atoms with Gasteiger partial charge >= 0.3 is 51.4 Å². The fraction of sp³-hybridized carbons (Fsp3) is 0. The maximum Gasteiger partial charge on any atom is 1.00 e. The van der Waals surface area contributed by atoms with Crippen LogP contribution in [0.4, 0.5) is 0 Å². The Hall–Kier alpha value is -0.194. The fourth-order valence-corrected chi connectivity index (χ4v) is 1.40. The molecule has 0 amide bonds. The zero-order valence-corrected chi connectivity index (χ0v) is 11.0. The summed E-state index contributed by atoms with van der Waals surface area (Å²) in [4.78, 5) is 10.7. The van der Waals surface area contributed by atoms with E-state index in [9.17, 15) is 9.90 Å². The average molecular weight is 210 g/mol.